The Bertz CT molecular complexity index is 758. The first-order chi connectivity index (χ1) is 11.5. The summed E-state index contributed by atoms with van der Waals surface area (Å²) < 4.78 is 5.87. The normalized spacial score (nSPS) is 10.8. The topological polar surface area (TPSA) is 62.6 Å². The molecular formula is C17H17BrN2O3S. The lowest BCUT2D eigenvalue weighted by molar-refractivity contribution is -0.129. The Morgan fingerprint density at radius 1 is 1.29 bits per heavy atom. The average Bonchev–Trinajstić information content (AvgIpc) is 2.98. The number of para-hydroxylation sites is 1. The zero-order valence-corrected chi connectivity index (χ0v) is 15.7. The molecule has 1 N–H and O–H groups in total. The summed E-state index contributed by atoms with van der Waals surface area (Å²) in [5, 5.41) is 2.82. The molecule has 1 aromatic heterocycles. The first-order valence-electron chi connectivity index (χ1n) is 7.11. The zero-order chi connectivity index (χ0) is 17.5. The van der Waals surface area contributed by atoms with Crippen LogP contribution in [0.3, 0.4) is 0 Å². The van der Waals surface area contributed by atoms with Crippen LogP contribution in [0.1, 0.15) is 5.76 Å². The third-order valence-electron chi connectivity index (χ3n) is 3.12. The van der Waals surface area contributed by atoms with Crippen molar-refractivity contribution in [1.29, 1.82) is 0 Å². The summed E-state index contributed by atoms with van der Waals surface area (Å²) in [7, 11) is 1.57. The molecule has 0 aliphatic heterocycles. The van der Waals surface area contributed by atoms with E-state index in [-0.39, 0.29) is 18.4 Å². The molecule has 7 heteroatoms. The molecule has 0 unspecified atom stereocenters. The molecule has 2 rings (SSSR count). The van der Waals surface area contributed by atoms with E-state index in [1.165, 1.54) is 11.0 Å². The number of nitrogens with zero attached hydrogens (tertiary/aromatic N) is 1. The van der Waals surface area contributed by atoms with Crippen molar-refractivity contribution in [2.24, 2.45) is 0 Å². The molecule has 0 saturated carbocycles. The third-order valence-corrected chi connectivity index (χ3v) is 4.34. The minimum absolute atomic E-state index is 0.0340. The van der Waals surface area contributed by atoms with Crippen LogP contribution < -0.4 is 5.32 Å². The molecule has 126 valence electrons. The largest absolute Gasteiger partial charge is 0.450 e. The van der Waals surface area contributed by atoms with Crippen LogP contribution in [0.2, 0.25) is 0 Å². The fourth-order valence-corrected chi connectivity index (χ4v) is 2.80. The smallest absolute Gasteiger partial charge is 0.246 e. The maximum Gasteiger partial charge on any atom is 0.246 e. The maximum absolute atomic E-state index is 12.1. The number of carbonyl (C=O) groups is 2. The molecule has 0 aliphatic carbocycles. The summed E-state index contributed by atoms with van der Waals surface area (Å²) >= 11 is 4.74. The number of furan rings is 1. The van der Waals surface area contributed by atoms with Gasteiger partial charge >= 0.3 is 0 Å². The summed E-state index contributed by atoms with van der Waals surface area (Å²) in [5.74, 6) is 0.0271. The lowest BCUT2D eigenvalue weighted by Gasteiger charge is -2.15. The number of hydrogen-bond donors (Lipinski definition) is 1. The van der Waals surface area contributed by atoms with Crippen molar-refractivity contribution < 1.29 is 14.0 Å². The number of halogens is 1. The fourth-order valence-electron chi connectivity index (χ4n) is 1.93. The fraction of sp³-hybridized carbons (Fsp3) is 0.176. The van der Waals surface area contributed by atoms with Gasteiger partial charge in [-0.15, -0.1) is 11.8 Å². The van der Waals surface area contributed by atoms with Gasteiger partial charge in [-0.1, -0.05) is 12.1 Å². The molecule has 0 radical (unpaired) electrons. The zero-order valence-electron chi connectivity index (χ0n) is 13.3. The van der Waals surface area contributed by atoms with Gasteiger partial charge < -0.3 is 14.6 Å². The summed E-state index contributed by atoms with van der Waals surface area (Å²) in [5.41, 5.74) is 0.742. The van der Waals surface area contributed by atoms with Gasteiger partial charge in [-0.05, 0) is 52.5 Å². The second-order valence-corrected chi connectivity index (χ2v) is 6.55. The lowest BCUT2D eigenvalue weighted by Crippen LogP contribution is -2.33. The molecular weight excluding hydrogens is 392 g/mol. The Kier molecular flexibility index (Phi) is 6.69. The standard InChI is InChI=1S/C17H17BrN2O3S/c1-20(17(22)10-8-12-7-9-15(18)23-12)11-16(21)19-13-5-3-4-6-14(13)24-2/h3-10H,11H2,1-2H3,(H,19,21)/b10-8+. The van der Waals surface area contributed by atoms with Crippen molar-refractivity contribution in [3.05, 3.63) is 52.9 Å². The van der Waals surface area contributed by atoms with Gasteiger partial charge in [0.2, 0.25) is 11.8 Å². The predicted molar refractivity (Wildman–Crippen MR) is 99.9 cm³/mol. The second kappa shape index (κ2) is 8.75. The second-order valence-electron chi connectivity index (χ2n) is 4.92. The molecule has 0 fully saturated rings. The van der Waals surface area contributed by atoms with E-state index >= 15 is 0 Å². The summed E-state index contributed by atoms with van der Waals surface area (Å²) in [6.07, 6.45) is 4.87. The van der Waals surface area contributed by atoms with Crippen molar-refractivity contribution >= 4 is 51.3 Å². The maximum atomic E-state index is 12.1. The Morgan fingerprint density at radius 2 is 2.04 bits per heavy atom. The van der Waals surface area contributed by atoms with E-state index in [9.17, 15) is 9.59 Å². The molecule has 0 bridgehead atoms. The van der Waals surface area contributed by atoms with Crippen LogP contribution in [0.4, 0.5) is 5.69 Å². The Labute approximate surface area is 153 Å². The highest BCUT2D eigenvalue weighted by Gasteiger charge is 2.12. The summed E-state index contributed by atoms with van der Waals surface area (Å²) in [6, 6.07) is 11.0. The monoisotopic (exact) mass is 408 g/mol. The van der Waals surface area contributed by atoms with E-state index in [0.717, 1.165) is 10.6 Å². The van der Waals surface area contributed by atoms with Crippen molar-refractivity contribution in [2.45, 2.75) is 4.90 Å². The molecule has 1 aromatic carbocycles. The van der Waals surface area contributed by atoms with Gasteiger partial charge in [0, 0.05) is 18.0 Å². The molecule has 2 aromatic rings. The van der Waals surface area contributed by atoms with Crippen molar-refractivity contribution in [2.75, 3.05) is 25.2 Å². The van der Waals surface area contributed by atoms with Crippen LogP contribution in [-0.4, -0.2) is 36.6 Å². The minimum atomic E-state index is -0.282. The van der Waals surface area contributed by atoms with Crippen LogP contribution in [-0.2, 0) is 9.59 Å². The van der Waals surface area contributed by atoms with Gasteiger partial charge in [0.25, 0.3) is 0 Å². The van der Waals surface area contributed by atoms with E-state index < -0.39 is 0 Å². The van der Waals surface area contributed by atoms with Gasteiger partial charge in [0.15, 0.2) is 4.67 Å². The summed E-state index contributed by atoms with van der Waals surface area (Å²) in [6.45, 7) is -0.0340. The van der Waals surface area contributed by atoms with Crippen LogP contribution in [0.25, 0.3) is 6.08 Å². The number of nitrogens with one attached hydrogen (secondary N) is 1. The number of thioether (sulfide) groups is 1. The molecule has 2 amide bonds. The summed E-state index contributed by atoms with van der Waals surface area (Å²) in [4.78, 5) is 26.5. The Hall–Kier alpha value is -1.99. The van der Waals surface area contributed by atoms with E-state index in [2.05, 4.69) is 21.2 Å². The van der Waals surface area contributed by atoms with Crippen LogP contribution in [0, 0.1) is 0 Å². The van der Waals surface area contributed by atoms with E-state index in [0.29, 0.717) is 10.4 Å². The first-order valence-corrected chi connectivity index (χ1v) is 9.12. The number of amides is 2. The number of likely N-dealkylation sites (N-methyl/N-ethyl adjacent to an activating group) is 1. The van der Waals surface area contributed by atoms with Gasteiger partial charge in [-0.3, -0.25) is 9.59 Å². The van der Waals surface area contributed by atoms with Crippen LogP contribution in [0.5, 0.6) is 0 Å². The quantitative estimate of drug-likeness (QED) is 0.581. The number of carbonyl (C=O) groups excluding carboxylic acids is 2. The molecule has 0 spiro atoms. The van der Waals surface area contributed by atoms with Gasteiger partial charge in [0.1, 0.15) is 5.76 Å². The molecule has 5 nitrogen and oxygen atoms in total. The molecule has 0 atom stereocenters. The average molecular weight is 409 g/mol. The van der Waals surface area contributed by atoms with E-state index in [4.69, 9.17) is 4.42 Å². The van der Waals surface area contributed by atoms with Crippen molar-refractivity contribution in [3.8, 4) is 0 Å². The predicted octanol–water partition coefficient (Wildman–Crippen LogP) is 3.87. The molecule has 1 heterocycles. The number of hydrogen-bond acceptors (Lipinski definition) is 4. The molecule has 0 aliphatic rings. The van der Waals surface area contributed by atoms with Gasteiger partial charge in [-0.25, -0.2) is 0 Å². The minimum Gasteiger partial charge on any atom is -0.450 e. The number of rotatable bonds is 6. The highest BCUT2D eigenvalue weighted by Crippen LogP contribution is 2.24. The van der Waals surface area contributed by atoms with Crippen molar-refractivity contribution in [1.82, 2.24) is 4.90 Å². The highest BCUT2D eigenvalue weighted by molar-refractivity contribution is 9.10. The van der Waals surface area contributed by atoms with Crippen LogP contribution in [0.15, 0.2) is 56.5 Å². The van der Waals surface area contributed by atoms with Crippen LogP contribution >= 0.6 is 27.7 Å². The number of anilines is 1. The van der Waals surface area contributed by atoms with E-state index in [1.54, 1.807) is 37.0 Å². The number of benzene rings is 1. The highest BCUT2D eigenvalue weighted by atomic mass is 79.9. The van der Waals surface area contributed by atoms with E-state index in [1.807, 2.05) is 30.5 Å². The molecule has 24 heavy (non-hydrogen) atoms. The molecule has 0 saturated heterocycles. The van der Waals surface area contributed by atoms with Gasteiger partial charge in [-0.2, -0.15) is 0 Å². The Balaban J connectivity index is 1.91. The van der Waals surface area contributed by atoms with Gasteiger partial charge in [0.05, 0.1) is 12.2 Å². The third kappa shape index (κ3) is 5.28. The SMILES string of the molecule is CSc1ccccc1NC(=O)CN(C)C(=O)/C=C/c1ccc(Br)o1. The first kappa shape index (κ1) is 18.4. The lowest BCUT2D eigenvalue weighted by atomic mass is 10.3. The van der Waals surface area contributed by atoms with Crippen molar-refractivity contribution in [3.63, 3.8) is 0 Å². The Morgan fingerprint density at radius 3 is 2.71 bits per heavy atom.